The molecule has 2 heterocycles. The average molecular weight is 271 g/mol. The molecule has 1 aromatic carbocycles. The van der Waals surface area contributed by atoms with Crippen molar-refractivity contribution in [2.75, 3.05) is 6.54 Å². The lowest BCUT2D eigenvalue weighted by molar-refractivity contribution is 0.658. The van der Waals surface area contributed by atoms with Gasteiger partial charge in [0.15, 0.2) is 0 Å². The molecule has 0 amide bonds. The molecule has 0 radical (unpaired) electrons. The number of nitrogens with zero attached hydrogens (tertiary/aromatic N) is 2. The molecule has 0 saturated carbocycles. The fourth-order valence-corrected chi connectivity index (χ4v) is 2.91. The van der Waals surface area contributed by atoms with E-state index < -0.39 is 0 Å². The summed E-state index contributed by atoms with van der Waals surface area (Å²) < 4.78 is 2.10. The van der Waals surface area contributed by atoms with E-state index in [9.17, 15) is 0 Å². The van der Waals surface area contributed by atoms with Gasteiger partial charge in [0.1, 0.15) is 0 Å². The predicted octanol–water partition coefficient (Wildman–Crippen LogP) is 3.26. The highest BCUT2D eigenvalue weighted by Crippen LogP contribution is 2.20. The minimum absolute atomic E-state index is 0.827. The maximum absolute atomic E-state index is 4.76. The van der Waals surface area contributed by atoms with Crippen molar-refractivity contribution in [2.45, 2.75) is 20.0 Å². The predicted molar refractivity (Wildman–Crippen MR) is 80.5 cm³/mol. The Morgan fingerprint density at radius 1 is 1.26 bits per heavy atom. The van der Waals surface area contributed by atoms with Gasteiger partial charge in [-0.1, -0.05) is 25.1 Å². The Morgan fingerprint density at radius 3 is 2.95 bits per heavy atom. The van der Waals surface area contributed by atoms with Crippen LogP contribution < -0.4 is 5.32 Å². The first kappa shape index (κ1) is 12.4. The molecule has 19 heavy (non-hydrogen) atoms. The largest absolute Gasteiger partial charge is 0.311 e. The second-order valence-corrected chi connectivity index (χ2v) is 5.31. The van der Waals surface area contributed by atoms with E-state index in [-0.39, 0.29) is 0 Å². The summed E-state index contributed by atoms with van der Waals surface area (Å²) in [6.07, 6.45) is 0. The number of nitrogens with one attached hydrogen (secondary N) is 1. The van der Waals surface area contributed by atoms with E-state index in [4.69, 9.17) is 5.10 Å². The van der Waals surface area contributed by atoms with Crippen molar-refractivity contribution in [1.82, 2.24) is 15.1 Å². The van der Waals surface area contributed by atoms with Crippen molar-refractivity contribution in [1.29, 1.82) is 0 Å². The normalized spacial score (nSPS) is 11.2. The van der Waals surface area contributed by atoms with Gasteiger partial charge in [-0.25, -0.2) is 0 Å². The molecule has 0 bridgehead atoms. The van der Waals surface area contributed by atoms with Gasteiger partial charge in [-0.3, -0.25) is 4.68 Å². The molecule has 0 fully saturated rings. The Kier molecular flexibility index (Phi) is 3.62. The van der Waals surface area contributed by atoms with Crippen molar-refractivity contribution in [2.24, 2.45) is 0 Å². The smallest absolute Gasteiger partial charge is 0.0841 e. The lowest BCUT2D eigenvalue weighted by atomic mass is 10.2. The lowest BCUT2D eigenvalue weighted by Gasteiger charge is -2.00. The van der Waals surface area contributed by atoms with E-state index in [0.717, 1.165) is 25.3 Å². The standard InChI is InChI=1S/C15H17N3S/c1-2-16-9-14-13-5-3-4-6-15(13)18(17-14)10-12-7-8-19-11-12/h3-8,11,16H,2,9-10H2,1H3. The molecule has 4 heteroatoms. The molecule has 0 unspecified atom stereocenters. The topological polar surface area (TPSA) is 29.9 Å². The Hall–Kier alpha value is -1.65. The molecule has 0 aliphatic heterocycles. The summed E-state index contributed by atoms with van der Waals surface area (Å²) in [7, 11) is 0. The van der Waals surface area contributed by atoms with Crippen LogP contribution in [0.5, 0.6) is 0 Å². The van der Waals surface area contributed by atoms with Crippen LogP contribution in [0.4, 0.5) is 0 Å². The average Bonchev–Trinajstić information content (AvgIpc) is 3.06. The van der Waals surface area contributed by atoms with Crippen LogP contribution in [0.25, 0.3) is 10.9 Å². The maximum atomic E-state index is 4.76. The Bertz CT molecular complexity index is 655. The number of para-hydroxylation sites is 1. The number of hydrogen-bond acceptors (Lipinski definition) is 3. The van der Waals surface area contributed by atoms with Crippen molar-refractivity contribution in [3.63, 3.8) is 0 Å². The van der Waals surface area contributed by atoms with Gasteiger partial charge in [-0.15, -0.1) is 0 Å². The lowest BCUT2D eigenvalue weighted by Crippen LogP contribution is -2.12. The summed E-state index contributed by atoms with van der Waals surface area (Å²) >= 11 is 1.73. The highest BCUT2D eigenvalue weighted by molar-refractivity contribution is 7.07. The number of rotatable bonds is 5. The highest BCUT2D eigenvalue weighted by Gasteiger charge is 2.09. The van der Waals surface area contributed by atoms with Gasteiger partial charge in [0.2, 0.25) is 0 Å². The summed E-state index contributed by atoms with van der Waals surface area (Å²) in [5.74, 6) is 0. The maximum Gasteiger partial charge on any atom is 0.0841 e. The summed E-state index contributed by atoms with van der Waals surface area (Å²) in [6.45, 7) is 4.75. The Morgan fingerprint density at radius 2 is 2.16 bits per heavy atom. The summed E-state index contributed by atoms with van der Waals surface area (Å²) in [5.41, 5.74) is 3.66. The minimum atomic E-state index is 0.827. The van der Waals surface area contributed by atoms with Gasteiger partial charge in [0.25, 0.3) is 0 Å². The monoisotopic (exact) mass is 271 g/mol. The van der Waals surface area contributed by atoms with Crippen molar-refractivity contribution < 1.29 is 0 Å². The minimum Gasteiger partial charge on any atom is -0.311 e. The molecular formula is C15H17N3S. The van der Waals surface area contributed by atoms with Gasteiger partial charge in [0, 0.05) is 11.9 Å². The molecule has 0 spiro atoms. The first-order chi connectivity index (χ1) is 9.38. The number of aromatic nitrogens is 2. The third-order valence-electron chi connectivity index (χ3n) is 3.19. The van der Waals surface area contributed by atoms with E-state index in [1.165, 1.54) is 16.5 Å². The van der Waals surface area contributed by atoms with Crippen LogP contribution in [-0.2, 0) is 13.1 Å². The van der Waals surface area contributed by atoms with E-state index in [2.05, 4.69) is 58.0 Å². The Balaban J connectivity index is 1.99. The number of benzene rings is 1. The number of hydrogen-bond donors (Lipinski definition) is 1. The summed E-state index contributed by atoms with van der Waals surface area (Å²) in [5, 5.41) is 13.7. The quantitative estimate of drug-likeness (QED) is 0.772. The third kappa shape index (κ3) is 2.55. The van der Waals surface area contributed by atoms with Crippen LogP contribution in [0.3, 0.4) is 0 Å². The Labute approximate surface area is 116 Å². The summed E-state index contributed by atoms with van der Waals surface area (Å²) in [4.78, 5) is 0. The molecule has 0 saturated heterocycles. The summed E-state index contributed by atoms with van der Waals surface area (Å²) in [6, 6.07) is 10.6. The molecule has 3 nitrogen and oxygen atoms in total. The molecule has 0 atom stereocenters. The van der Waals surface area contributed by atoms with Crippen LogP contribution in [0.15, 0.2) is 41.1 Å². The van der Waals surface area contributed by atoms with Crippen molar-refractivity contribution in [3.05, 3.63) is 52.3 Å². The molecule has 2 aromatic heterocycles. The first-order valence-electron chi connectivity index (χ1n) is 6.54. The van der Waals surface area contributed by atoms with Crippen LogP contribution >= 0.6 is 11.3 Å². The zero-order valence-electron chi connectivity index (χ0n) is 11.0. The second-order valence-electron chi connectivity index (χ2n) is 4.53. The van der Waals surface area contributed by atoms with E-state index in [1.54, 1.807) is 11.3 Å². The molecule has 3 aromatic rings. The number of thiophene rings is 1. The molecule has 3 rings (SSSR count). The first-order valence-corrected chi connectivity index (χ1v) is 7.49. The van der Waals surface area contributed by atoms with Gasteiger partial charge in [0.05, 0.1) is 17.8 Å². The third-order valence-corrected chi connectivity index (χ3v) is 3.92. The van der Waals surface area contributed by atoms with Crippen LogP contribution in [0.1, 0.15) is 18.2 Å². The fraction of sp³-hybridized carbons (Fsp3) is 0.267. The van der Waals surface area contributed by atoms with E-state index in [1.807, 2.05) is 0 Å². The molecule has 0 aliphatic carbocycles. The highest BCUT2D eigenvalue weighted by atomic mass is 32.1. The van der Waals surface area contributed by atoms with Gasteiger partial charge in [-0.2, -0.15) is 16.4 Å². The van der Waals surface area contributed by atoms with Gasteiger partial charge >= 0.3 is 0 Å². The number of fused-ring (bicyclic) bond motifs is 1. The molecular weight excluding hydrogens is 254 g/mol. The van der Waals surface area contributed by atoms with Crippen molar-refractivity contribution in [3.8, 4) is 0 Å². The van der Waals surface area contributed by atoms with Gasteiger partial charge in [-0.05, 0) is 35.0 Å². The fourth-order valence-electron chi connectivity index (χ4n) is 2.25. The molecule has 0 aliphatic rings. The molecule has 98 valence electrons. The van der Waals surface area contributed by atoms with Crippen LogP contribution in [-0.4, -0.2) is 16.3 Å². The van der Waals surface area contributed by atoms with Crippen LogP contribution in [0, 0.1) is 0 Å². The zero-order chi connectivity index (χ0) is 13.1. The van der Waals surface area contributed by atoms with E-state index in [0.29, 0.717) is 0 Å². The van der Waals surface area contributed by atoms with E-state index >= 15 is 0 Å². The SMILES string of the molecule is CCNCc1nn(Cc2ccsc2)c2ccccc12. The second kappa shape index (κ2) is 5.55. The van der Waals surface area contributed by atoms with Crippen LogP contribution in [0.2, 0.25) is 0 Å². The van der Waals surface area contributed by atoms with Gasteiger partial charge < -0.3 is 5.32 Å². The zero-order valence-corrected chi connectivity index (χ0v) is 11.8. The molecule has 1 N–H and O–H groups in total. The van der Waals surface area contributed by atoms with Crippen molar-refractivity contribution >= 4 is 22.2 Å².